The van der Waals surface area contributed by atoms with E-state index in [0.29, 0.717) is 12.0 Å². The summed E-state index contributed by atoms with van der Waals surface area (Å²) in [6, 6.07) is 10.1. The van der Waals surface area contributed by atoms with Crippen molar-refractivity contribution in [2.45, 2.75) is 46.1 Å². The van der Waals surface area contributed by atoms with Crippen molar-refractivity contribution in [2.75, 3.05) is 26.2 Å². The normalized spacial score (nSPS) is 19.4. The molecule has 0 unspecified atom stereocenters. The van der Waals surface area contributed by atoms with Gasteiger partial charge in [-0.15, -0.1) is 0 Å². The van der Waals surface area contributed by atoms with E-state index in [9.17, 15) is 4.79 Å². The second-order valence-electron chi connectivity index (χ2n) is 8.33. The van der Waals surface area contributed by atoms with Crippen LogP contribution in [-0.4, -0.2) is 46.8 Å². The van der Waals surface area contributed by atoms with Crippen LogP contribution in [0.4, 0.5) is 0 Å². The molecule has 27 heavy (non-hydrogen) atoms. The average Bonchev–Trinajstić information content (AvgIpc) is 2.99. The first-order chi connectivity index (χ1) is 13.0. The van der Waals surface area contributed by atoms with Crippen molar-refractivity contribution < 1.29 is 4.79 Å². The number of hydrogen-bond donors (Lipinski definition) is 1. The Labute approximate surface area is 161 Å². The van der Waals surface area contributed by atoms with Crippen LogP contribution in [0.1, 0.15) is 53.0 Å². The molecule has 0 atom stereocenters. The molecule has 2 aromatic rings. The molecule has 1 amide bonds. The molecule has 2 aliphatic rings. The van der Waals surface area contributed by atoms with E-state index in [-0.39, 0.29) is 5.91 Å². The van der Waals surface area contributed by atoms with Gasteiger partial charge >= 0.3 is 0 Å². The van der Waals surface area contributed by atoms with Gasteiger partial charge in [0, 0.05) is 24.3 Å². The van der Waals surface area contributed by atoms with Crippen molar-refractivity contribution in [3.05, 3.63) is 52.8 Å². The van der Waals surface area contributed by atoms with Crippen molar-refractivity contribution in [3.8, 4) is 0 Å². The standard InChI is InChI=1S/C22H30N4O/c1-17-14-18(2)26(24-17)16-19-4-3-5-20(15-19)21(27)25-12-8-22(9-13-25)6-10-23-11-7-22/h3-5,14-15,23H,6-13,16H2,1-2H3. The molecule has 1 spiro atoms. The van der Waals surface area contributed by atoms with Crippen LogP contribution in [0.25, 0.3) is 0 Å². The third-order valence-corrected chi connectivity index (χ3v) is 6.39. The Balaban J connectivity index is 1.43. The third kappa shape index (κ3) is 3.93. The van der Waals surface area contributed by atoms with Gasteiger partial charge in [-0.2, -0.15) is 5.10 Å². The minimum atomic E-state index is 0.175. The monoisotopic (exact) mass is 366 g/mol. The minimum Gasteiger partial charge on any atom is -0.339 e. The summed E-state index contributed by atoms with van der Waals surface area (Å²) in [6.45, 7) is 8.82. The first kappa shape index (κ1) is 18.2. The number of carbonyl (C=O) groups excluding carboxylic acids is 1. The number of nitrogens with zero attached hydrogens (tertiary/aromatic N) is 3. The molecule has 2 aliphatic heterocycles. The predicted molar refractivity (Wildman–Crippen MR) is 107 cm³/mol. The van der Waals surface area contributed by atoms with Crippen molar-refractivity contribution >= 4 is 5.91 Å². The number of amides is 1. The van der Waals surface area contributed by atoms with Gasteiger partial charge in [0.25, 0.3) is 5.91 Å². The van der Waals surface area contributed by atoms with Crippen LogP contribution in [0.15, 0.2) is 30.3 Å². The fraction of sp³-hybridized carbons (Fsp3) is 0.545. The molecular weight excluding hydrogens is 336 g/mol. The maximum absolute atomic E-state index is 13.0. The lowest BCUT2D eigenvalue weighted by molar-refractivity contribution is 0.0495. The lowest BCUT2D eigenvalue weighted by Crippen LogP contribution is -2.47. The molecule has 1 N–H and O–H groups in total. The lowest BCUT2D eigenvalue weighted by Gasteiger charge is -2.44. The van der Waals surface area contributed by atoms with Crippen molar-refractivity contribution in [1.82, 2.24) is 20.0 Å². The van der Waals surface area contributed by atoms with Crippen LogP contribution in [0.3, 0.4) is 0 Å². The van der Waals surface area contributed by atoms with Gasteiger partial charge in [0.2, 0.25) is 0 Å². The number of aromatic nitrogens is 2. The van der Waals surface area contributed by atoms with Gasteiger partial charge in [0.15, 0.2) is 0 Å². The smallest absolute Gasteiger partial charge is 0.253 e. The molecule has 5 nitrogen and oxygen atoms in total. The highest BCUT2D eigenvalue weighted by molar-refractivity contribution is 5.94. The second kappa shape index (κ2) is 7.47. The molecule has 0 bridgehead atoms. The topological polar surface area (TPSA) is 50.2 Å². The molecule has 0 radical (unpaired) electrons. The number of carbonyl (C=O) groups is 1. The maximum Gasteiger partial charge on any atom is 0.253 e. The first-order valence-corrected chi connectivity index (χ1v) is 10.1. The van der Waals surface area contributed by atoms with Crippen molar-refractivity contribution in [3.63, 3.8) is 0 Å². The predicted octanol–water partition coefficient (Wildman–Crippen LogP) is 3.15. The molecule has 0 saturated carbocycles. The molecule has 5 heteroatoms. The lowest BCUT2D eigenvalue weighted by atomic mass is 9.71. The van der Waals surface area contributed by atoms with Gasteiger partial charge < -0.3 is 10.2 Å². The van der Waals surface area contributed by atoms with Crippen molar-refractivity contribution in [2.24, 2.45) is 5.41 Å². The number of aryl methyl sites for hydroxylation is 2. The molecule has 2 fully saturated rings. The summed E-state index contributed by atoms with van der Waals surface area (Å²) in [6.07, 6.45) is 4.80. The molecule has 144 valence electrons. The molecule has 0 aliphatic carbocycles. The second-order valence-corrected chi connectivity index (χ2v) is 8.33. The zero-order valence-electron chi connectivity index (χ0n) is 16.5. The van der Waals surface area contributed by atoms with Gasteiger partial charge in [0.1, 0.15) is 0 Å². The van der Waals surface area contributed by atoms with Gasteiger partial charge in [0.05, 0.1) is 12.2 Å². The quantitative estimate of drug-likeness (QED) is 0.908. The van der Waals surface area contributed by atoms with Crippen LogP contribution in [0.2, 0.25) is 0 Å². The molecule has 1 aromatic heterocycles. The summed E-state index contributed by atoms with van der Waals surface area (Å²) in [5.74, 6) is 0.175. The van der Waals surface area contributed by atoms with E-state index in [1.54, 1.807) is 0 Å². The number of nitrogens with one attached hydrogen (secondary N) is 1. The Morgan fingerprint density at radius 2 is 1.85 bits per heavy atom. The summed E-state index contributed by atoms with van der Waals surface area (Å²) >= 11 is 0. The Bertz CT molecular complexity index is 809. The summed E-state index contributed by atoms with van der Waals surface area (Å²) in [7, 11) is 0. The third-order valence-electron chi connectivity index (χ3n) is 6.39. The van der Waals surface area contributed by atoms with Crippen molar-refractivity contribution in [1.29, 1.82) is 0 Å². The number of benzene rings is 1. The number of piperidine rings is 2. The van der Waals surface area contributed by atoms with Gasteiger partial charge in [-0.1, -0.05) is 12.1 Å². The zero-order chi connectivity index (χ0) is 18.9. The highest BCUT2D eigenvalue weighted by Crippen LogP contribution is 2.39. The van der Waals surface area contributed by atoms with Crippen LogP contribution in [0, 0.1) is 19.3 Å². The van der Waals surface area contributed by atoms with Crippen LogP contribution < -0.4 is 5.32 Å². The highest BCUT2D eigenvalue weighted by Gasteiger charge is 2.36. The van der Waals surface area contributed by atoms with E-state index in [2.05, 4.69) is 34.4 Å². The summed E-state index contributed by atoms with van der Waals surface area (Å²) in [4.78, 5) is 15.1. The van der Waals surface area contributed by atoms with Gasteiger partial charge in [-0.25, -0.2) is 0 Å². The highest BCUT2D eigenvalue weighted by atomic mass is 16.2. The molecule has 4 rings (SSSR count). The van der Waals surface area contributed by atoms with Crippen LogP contribution >= 0.6 is 0 Å². The molecule has 3 heterocycles. The number of hydrogen-bond acceptors (Lipinski definition) is 3. The summed E-state index contributed by atoms with van der Waals surface area (Å²) in [5.41, 5.74) is 4.57. The Kier molecular flexibility index (Phi) is 5.04. The maximum atomic E-state index is 13.0. The fourth-order valence-corrected chi connectivity index (χ4v) is 4.63. The molecule has 2 saturated heterocycles. The molecular formula is C22H30N4O. The van der Waals surface area contributed by atoms with E-state index >= 15 is 0 Å². The first-order valence-electron chi connectivity index (χ1n) is 10.1. The van der Waals surface area contributed by atoms with Crippen LogP contribution in [-0.2, 0) is 6.54 Å². The Morgan fingerprint density at radius 3 is 2.52 bits per heavy atom. The minimum absolute atomic E-state index is 0.175. The number of likely N-dealkylation sites (tertiary alicyclic amines) is 1. The number of rotatable bonds is 3. The van der Waals surface area contributed by atoms with Gasteiger partial charge in [-0.3, -0.25) is 9.48 Å². The SMILES string of the molecule is Cc1cc(C)n(Cc2cccc(C(=O)N3CCC4(CCNCC4)CC3)c2)n1. The zero-order valence-corrected chi connectivity index (χ0v) is 16.5. The molecule has 1 aromatic carbocycles. The van der Waals surface area contributed by atoms with E-state index in [1.165, 1.54) is 12.8 Å². The van der Waals surface area contributed by atoms with E-state index < -0.39 is 0 Å². The van der Waals surface area contributed by atoms with Gasteiger partial charge in [-0.05, 0) is 81.8 Å². The summed E-state index contributed by atoms with van der Waals surface area (Å²) in [5, 5.41) is 7.99. The Hall–Kier alpha value is -2.14. The van der Waals surface area contributed by atoms with E-state index in [4.69, 9.17) is 0 Å². The van der Waals surface area contributed by atoms with E-state index in [0.717, 1.165) is 61.5 Å². The van der Waals surface area contributed by atoms with E-state index in [1.807, 2.05) is 29.8 Å². The largest absolute Gasteiger partial charge is 0.339 e. The average molecular weight is 367 g/mol. The fourth-order valence-electron chi connectivity index (χ4n) is 4.63. The summed E-state index contributed by atoms with van der Waals surface area (Å²) < 4.78 is 2.00. The Morgan fingerprint density at radius 1 is 1.11 bits per heavy atom. The van der Waals surface area contributed by atoms with Crippen LogP contribution in [0.5, 0.6) is 0 Å².